The predicted octanol–water partition coefficient (Wildman–Crippen LogP) is 4.73. The van der Waals surface area contributed by atoms with Gasteiger partial charge in [-0.15, -0.1) is 22.7 Å². The zero-order valence-electron chi connectivity index (χ0n) is 13.2. The second-order valence-corrected chi connectivity index (χ2v) is 7.54. The number of hydrogen-bond acceptors (Lipinski definition) is 4. The van der Waals surface area contributed by atoms with E-state index in [1.54, 1.807) is 22.7 Å². The van der Waals surface area contributed by atoms with E-state index in [0.717, 1.165) is 21.9 Å². The summed E-state index contributed by atoms with van der Waals surface area (Å²) in [5.74, 6) is -1.79. The molecule has 2 aromatic heterocycles. The van der Waals surface area contributed by atoms with Crippen molar-refractivity contribution in [1.82, 2.24) is 4.90 Å². The highest BCUT2D eigenvalue weighted by Gasteiger charge is 2.15. The lowest BCUT2D eigenvalue weighted by Gasteiger charge is -2.20. The standard InChI is InChI=1S/C18H16F2N2OS2/c19-13-5-6-17(16(20)9-13)21-18(23)12-22(10-14-3-1-7-24-14)11-15-4-2-8-25-15/h1-9H,10-12H2,(H,21,23). The molecule has 0 saturated carbocycles. The first kappa shape index (κ1) is 17.7. The number of rotatable bonds is 7. The summed E-state index contributed by atoms with van der Waals surface area (Å²) in [6.07, 6.45) is 0. The number of halogens is 2. The van der Waals surface area contributed by atoms with Gasteiger partial charge in [0.25, 0.3) is 0 Å². The summed E-state index contributed by atoms with van der Waals surface area (Å²) in [7, 11) is 0. The molecule has 0 spiro atoms. The van der Waals surface area contributed by atoms with Crippen molar-refractivity contribution in [3.63, 3.8) is 0 Å². The van der Waals surface area contributed by atoms with Crippen molar-refractivity contribution in [2.45, 2.75) is 13.1 Å². The first-order chi connectivity index (χ1) is 12.1. The summed E-state index contributed by atoms with van der Waals surface area (Å²) in [5.41, 5.74) is -0.0152. The topological polar surface area (TPSA) is 32.3 Å². The lowest BCUT2D eigenvalue weighted by Crippen LogP contribution is -2.32. The Balaban J connectivity index is 1.66. The third-order valence-electron chi connectivity index (χ3n) is 3.49. The summed E-state index contributed by atoms with van der Waals surface area (Å²) >= 11 is 3.25. The zero-order valence-corrected chi connectivity index (χ0v) is 14.9. The average molecular weight is 378 g/mol. The number of nitrogens with zero attached hydrogens (tertiary/aromatic N) is 1. The van der Waals surface area contributed by atoms with Crippen LogP contribution in [0.15, 0.2) is 53.2 Å². The Kier molecular flexibility index (Phi) is 5.91. The van der Waals surface area contributed by atoms with E-state index in [-0.39, 0.29) is 18.1 Å². The fraction of sp³-hybridized carbons (Fsp3) is 0.167. The molecule has 1 amide bonds. The quantitative estimate of drug-likeness (QED) is 0.645. The van der Waals surface area contributed by atoms with Crippen molar-refractivity contribution in [3.8, 4) is 0 Å². The Morgan fingerprint density at radius 3 is 2.16 bits per heavy atom. The molecule has 0 radical (unpaired) electrons. The van der Waals surface area contributed by atoms with Crippen LogP contribution in [0.4, 0.5) is 14.5 Å². The Bertz CT molecular complexity index is 783. The Morgan fingerprint density at radius 2 is 1.64 bits per heavy atom. The number of thiophene rings is 2. The van der Waals surface area contributed by atoms with Crippen molar-refractivity contribution >= 4 is 34.3 Å². The maximum atomic E-state index is 13.7. The number of carbonyl (C=O) groups is 1. The van der Waals surface area contributed by atoms with Crippen molar-refractivity contribution in [3.05, 3.63) is 74.6 Å². The van der Waals surface area contributed by atoms with Crippen LogP contribution in [0.2, 0.25) is 0 Å². The maximum Gasteiger partial charge on any atom is 0.238 e. The minimum absolute atomic E-state index is 0.0152. The largest absolute Gasteiger partial charge is 0.322 e. The highest BCUT2D eigenvalue weighted by Crippen LogP contribution is 2.18. The van der Waals surface area contributed by atoms with E-state index >= 15 is 0 Å². The van der Waals surface area contributed by atoms with Gasteiger partial charge in [-0.05, 0) is 35.0 Å². The predicted molar refractivity (Wildman–Crippen MR) is 97.7 cm³/mol. The van der Waals surface area contributed by atoms with Gasteiger partial charge in [0.05, 0.1) is 12.2 Å². The summed E-state index contributed by atoms with van der Waals surface area (Å²) in [6.45, 7) is 1.39. The van der Waals surface area contributed by atoms with Gasteiger partial charge in [0.2, 0.25) is 5.91 Å². The molecule has 0 fully saturated rings. The van der Waals surface area contributed by atoms with E-state index in [1.807, 2.05) is 39.9 Å². The molecule has 0 atom stereocenters. The summed E-state index contributed by atoms with van der Waals surface area (Å²) < 4.78 is 26.7. The molecule has 0 aliphatic rings. The first-order valence-electron chi connectivity index (χ1n) is 7.62. The molecule has 3 aromatic rings. The van der Waals surface area contributed by atoms with Gasteiger partial charge in [0, 0.05) is 28.9 Å². The van der Waals surface area contributed by atoms with Gasteiger partial charge in [0.1, 0.15) is 11.6 Å². The molecular weight excluding hydrogens is 362 g/mol. The molecule has 0 bridgehead atoms. The second-order valence-electron chi connectivity index (χ2n) is 5.48. The summed E-state index contributed by atoms with van der Waals surface area (Å²) in [5, 5.41) is 6.50. The van der Waals surface area contributed by atoms with E-state index in [9.17, 15) is 13.6 Å². The third kappa shape index (κ3) is 5.19. The summed E-state index contributed by atoms with van der Waals surface area (Å²) in [6, 6.07) is 11.1. The van der Waals surface area contributed by atoms with E-state index in [4.69, 9.17) is 0 Å². The molecule has 1 aromatic carbocycles. The van der Waals surface area contributed by atoms with Crippen molar-refractivity contribution in [2.75, 3.05) is 11.9 Å². The van der Waals surface area contributed by atoms with Gasteiger partial charge in [-0.3, -0.25) is 9.69 Å². The first-order valence-corrected chi connectivity index (χ1v) is 9.38. The Hall–Kier alpha value is -2.09. The van der Waals surface area contributed by atoms with Crippen molar-refractivity contribution < 1.29 is 13.6 Å². The van der Waals surface area contributed by atoms with Crippen LogP contribution in [0.5, 0.6) is 0 Å². The molecule has 25 heavy (non-hydrogen) atoms. The maximum absolute atomic E-state index is 13.7. The number of anilines is 1. The van der Waals surface area contributed by atoms with Crippen molar-refractivity contribution in [1.29, 1.82) is 0 Å². The fourth-order valence-corrected chi connectivity index (χ4v) is 3.89. The van der Waals surface area contributed by atoms with Crippen LogP contribution in [0.25, 0.3) is 0 Å². The van der Waals surface area contributed by atoms with Crippen molar-refractivity contribution in [2.24, 2.45) is 0 Å². The van der Waals surface area contributed by atoms with Gasteiger partial charge < -0.3 is 5.32 Å². The van der Waals surface area contributed by atoms with Gasteiger partial charge in [0.15, 0.2) is 0 Å². The van der Waals surface area contributed by atoms with Gasteiger partial charge in [-0.2, -0.15) is 0 Å². The summed E-state index contributed by atoms with van der Waals surface area (Å²) in [4.78, 5) is 16.6. The fourth-order valence-electron chi connectivity index (χ4n) is 2.40. The molecular formula is C18H16F2N2OS2. The van der Waals surface area contributed by atoms with Crippen LogP contribution < -0.4 is 5.32 Å². The molecule has 0 unspecified atom stereocenters. The van der Waals surface area contributed by atoms with Gasteiger partial charge >= 0.3 is 0 Å². The minimum Gasteiger partial charge on any atom is -0.322 e. The molecule has 130 valence electrons. The van der Waals surface area contributed by atoms with E-state index in [2.05, 4.69) is 5.32 Å². The van der Waals surface area contributed by atoms with E-state index in [0.29, 0.717) is 13.1 Å². The normalized spacial score (nSPS) is 11.0. The molecule has 0 aliphatic heterocycles. The van der Waals surface area contributed by atoms with Gasteiger partial charge in [-0.25, -0.2) is 8.78 Å². The SMILES string of the molecule is O=C(CN(Cc1cccs1)Cc1cccs1)Nc1ccc(F)cc1F. The van der Waals surface area contributed by atoms with Crippen LogP contribution in [0, 0.1) is 11.6 Å². The van der Waals surface area contributed by atoms with E-state index in [1.165, 1.54) is 6.07 Å². The highest BCUT2D eigenvalue weighted by molar-refractivity contribution is 7.10. The third-order valence-corrected chi connectivity index (χ3v) is 5.21. The molecule has 3 nitrogen and oxygen atoms in total. The number of benzene rings is 1. The Labute approximate surface area is 152 Å². The highest BCUT2D eigenvalue weighted by atomic mass is 32.1. The average Bonchev–Trinajstić information content (AvgIpc) is 3.24. The Morgan fingerprint density at radius 1 is 1.00 bits per heavy atom. The molecule has 0 saturated heterocycles. The number of hydrogen-bond donors (Lipinski definition) is 1. The zero-order chi connectivity index (χ0) is 17.6. The van der Waals surface area contributed by atoms with Crippen LogP contribution in [-0.2, 0) is 17.9 Å². The molecule has 2 heterocycles. The lowest BCUT2D eigenvalue weighted by molar-refractivity contribution is -0.117. The monoisotopic (exact) mass is 378 g/mol. The van der Waals surface area contributed by atoms with Crippen LogP contribution in [-0.4, -0.2) is 17.4 Å². The minimum atomic E-state index is -0.781. The smallest absolute Gasteiger partial charge is 0.238 e. The van der Waals surface area contributed by atoms with Crippen LogP contribution in [0.3, 0.4) is 0 Å². The number of amides is 1. The lowest BCUT2D eigenvalue weighted by atomic mass is 10.3. The van der Waals surface area contributed by atoms with E-state index < -0.39 is 11.6 Å². The molecule has 7 heteroatoms. The van der Waals surface area contributed by atoms with Crippen LogP contribution >= 0.6 is 22.7 Å². The second kappa shape index (κ2) is 8.33. The molecule has 3 rings (SSSR count). The molecule has 0 aliphatic carbocycles. The van der Waals surface area contributed by atoms with Gasteiger partial charge in [-0.1, -0.05) is 12.1 Å². The van der Waals surface area contributed by atoms with Crippen LogP contribution in [0.1, 0.15) is 9.75 Å². The molecule has 1 N–H and O–H groups in total. The number of carbonyl (C=O) groups excluding carboxylic acids is 1. The number of nitrogens with one attached hydrogen (secondary N) is 1.